The smallest absolute Gasteiger partial charge is 0.260 e. The van der Waals surface area contributed by atoms with Crippen LogP contribution in [0.5, 0.6) is 5.75 Å². The van der Waals surface area contributed by atoms with E-state index in [0.717, 1.165) is 11.1 Å². The van der Waals surface area contributed by atoms with Gasteiger partial charge in [0, 0.05) is 30.5 Å². The summed E-state index contributed by atoms with van der Waals surface area (Å²) in [7, 11) is 0. The van der Waals surface area contributed by atoms with Gasteiger partial charge >= 0.3 is 0 Å². The maximum atomic E-state index is 12.3. The third kappa shape index (κ3) is 4.18. The summed E-state index contributed by atoms with van der Waals surface area (Å²) in [4.78, 5) is 24.9. The normalized spacial score (nSPS) is 15.0. The summed E-state index contributed by atoms with van der Waals surface area (Å²) in [5.41, 5.74) is 1.96. The van der Waals surface area contributed by atoms with Crippen LogP contribution in [-0.2, 0) is 9.59 Å². The first-order chi connectivity index (χ1) is 12.1. The topological polar surface area (TPSA) is 69.7 Å². The number of carboxylic acids is 1. The van der Waals surface area contributed by atoms with E-state index in [9.17, 15) is 14.7 Å². The van der Waals surface area contributed by atoms with Gasteiger partial charge in [0.15, 0.2) is 6.61 Å². The average Bonchev–Trinajstić information content (AvgIpc) is 2.67. The Kier molecular flexibility index (Phi) is 5.33. The number of hydrogen-bond donors (Lipinski definition) is 0. The first-order valence-electron chi connectivity index (χ1n) is 8.41. The van der Waals surface area contributed by atoms with Crippen LogP contribution in [0.15, 0.2) is 54.6 Å². The highest BCUT2D eigenvalue weighted by Crippen LogP contribution is 2.29. The molecule has 0 unspecified atom stereocenters. The predicted octanol–water partition coefficient (Wildman–Crippen LogP) is 1.72. The molecule has 2 aromatic carbocycles. The minimum Gasteiger partial charge on any atom is -0.550 e. The van der Waals surface area contributed by atoms with Gasteiger partial charge in [-0.3, -0.25) is 4.79 Å². The fourth-order valence-corrected chi connectivity index (χ4v) is 3.04. The molecule has 3 rings (SSSR count). The molecule has 0 aromatic heterocycles. The zero-order valence-electron chi connectivity index (χ0n) is 13.9. The zero-order valence-corrected chi connectivity index (χ0v) is 13.9. The van der Waals surface area contributed by atoms with Crippen LogP contribution in [-0.4, -0.2) is 36.5 Å². The van der Waals surface area contributed by atoms with Crippen LogP contribution in [0, 0.1) is 5.92 Å². The molecule has 0 saturated carbocycles. The monoisotopic (exact) mass is 338 g/mol. The van der Waals surface area contributed by atoms with E-state index < -0.39 is 11.9 Å². The van der Waals surface area contributed by atoms with Crippen molar-refractivity contribution >= 4 is 11.9 Å². The van der Waals surface area contributed by atoms with Crippen molar-refractivity contribution < 1.29 is 19.4 Å². The highest BCUT2D eigenvalue weighted by molar-refractivity contribution is 5.79. The third-order valence-electron chi connectivity index (χ3n) is 4.50. The van der Waals surface area contributed by atoms with Gasteiger partial charge in [0.2, 0.25) is 0 Å². The van der Waals surface area contributed by atoms with Crippen LogP contribution in [0.1, 0.15) is 12.8 Å². The number of carbonyl (C=O) groups is 2. The van der Waals surface area contributed by atoms with Crippen molar-refractivity contribution in [3.05, 3.63) is 54.6 Å². The second-order valence-corrected chi connectivity index (χ2v) is 6.12. The maximum Gasteiger partial charge on any atom is 0.260 e. The van der Waals surface area contributed by atoms with Crippen molar-refractivity contribution in [2.24, 2.45) is 5.92 Å². The predicted molar refractivity (Wildman–Crippen MR) is 91.7 cm³/mol. The Morgan fingerprint density at radius 1 is 1.00 bits per heavy atom. The number of nitrogens with zero attached hydrogens (tertiary/aromatic N) is 1. The molecular formula is C20H20NO4-. The Labute approximate surface area is 146 Å². The number of amides is 1. The molecule has 0 radical (unpaired) electrons. The summed E-state index contributed by atoms with van der Waals surface area (Å²) < 4.78 is 5.76. The summed E-state index contributed by atoms with van der Waals surface area (Å²) in [6.45, 7) is 0.808. The van der Waals surface area contributed by atoms with Crippen LogP contribution in [0.25, 0.3) is 11.1 Å². The SMILES string of the molecule is O=C([O-])C1CCN(C(=O)COc2ccccc2-c2ccccc2)CC1. The Morgan fingerprint density at radius 3 is 2.32 bits per heavy atom. The van der Waals surface area contributed by atoms with Crippen molar-refractivity contribution in [3.8, 4) is 16.9 Å². The van der Waals surface area contributed by atoms with E-state index in [4.69, 9.17) is 4.74 Å². The number of ether oxygens (including phenoxy) is 1. The molecule has 1 fully saturated rings. The molecule has 5 heteroatoms. The van der Waals surface area contributed by atoms with Gasteiger partial charge < -0.3 is 19.5 Å². The quantitative estimate of drug-likeness (QED) is 0.832. The fourth-order valence-electron chi connectivity index (χ4n) is 3.04. The molecule has 0 bridgehead atoms. The Bertz CT molecular complexity index is 736. The van der Waals surface area contributed by atoms with Crippen LogP contribution >= 0.6 is 0 Å². The largest absolute Gasteiger partial charge is 0.550 e. The van der Waals surface area contributed by atoms with E-state index in [1.165, 1.54) is 0 Å². The molecule has 0 spiro atoms. The first-order valence-corrected chi connectivity index (χ1v) is 8.41. The Balaban J connectivity index is 1.61. The van der Waals surface area contributed by atoms with Gasteiger partial charge in [0.25, 0.3) is 5.91 Å². The van der Waals surface area contributed by atoms with Crippen LogP contribution in [0.3, 0.4) is 0 Å². The molecule has 0 aliphatic carbocycles. The van der Waals surface area contributed by atoms with Gasteiger partial charge in [-0.25, -0.2) is 0 Å². The second kappa shape index (κ2) is 7.83. The lowest BCUT2D eigenvalue weighted by atomic mass is 9.97. The lowest BCUT2D eigenvalue weighted by Crippen LogP contribution is -2.45. The van der Waals surface area contributed by atoms with E-state index in [0.29, 0.717) is 31.7 Å². The number of benzene rings is 2. The number of hydrogen-bond acceptors (Lipinski definition) is 4. The number of aliphatic carboxylic acids is 1. The van der Waals surface area contributed by atoms with Crippen molar-refractivity contribution in [2.75, 3.05) is 19.7 Å². The summed E-state index contributed by atoms with van der Waals surface area (Å²) in [5, 5.41) is 10.9. The standard InChI is InChI=1S/C20H21NO4/c22-19(21-12-10-16(11-13-21)20(23)24)14-25-18-9-5-4-8-17(18)15-6-2-1-3-7-15/h1-9,16H,10-14H2,(H,23,24)/p-1. The van der Waals surface area contributed by atoms with Crippen molar-refractivity contribution in [2.45, 2.75) is 12.8 Å². The molecule has 5 nitrogen and oxygen atoms in total. The molecular weight excluding hydrogens is 318 g/mol. The Hall–Kier alpha value is -2.82. The zero-order chi connectivity index (χ0) is 17.6. The van der Waals surface area contributed by atoms with Crippen molar-refractivity contribution in [1.29, 1.82) is 0 Å². The van der Waals surface area contributed by atoms with E-state index in [1.807, 2.05) is 54.6 Å². The van der Waals surface area contributed by atoms with Crippen molar-refractivity contribution in [1.82, 2.24) is 4.90 Å². The number of carbonyl (C=O) groups excluding carboxylic acids is 2. The van der Waals surface area contributed by atoms with Gasteiger partial charge in [-0.15, -0.1) is 0 Å². The number of carboxylic acid groups (broad SMARTS) is 1. The number of rotatable bonds is 5. The molecule has 1 heterocycles. The summed E-state index contributed by atoms with van der Waals surface area (Å²) >= 11 is 0. The lowest BCUT2D eigenvalue weighted by molar-refractivity contribution is -0.312. The van der Waals surface area contributed by atoms with E-state index >= 15 is 0 Å². The van der Waals surface area contributed by atoms with E-state index in [1.54, 1.807) is 4.90 Å². The van der Waals surface area contributed by atoms with Crippen LogP contribution < -0.4 is 9.84 Å². The van der Waals surface area contributed by atoms with E-state index in [2.05, 4.69) is 0 Å². The minimum absolute atomic E-state index is 0.0557. The maximum absolute atomic E-state index is 12.3. The Morgan fingerprint density at radius 2 is 1.64 bits per heavy atom. The molecule has 25 heavy (non-hydrogen) atoms. The molecule has 130 valence electrons. The van der Waals surface area contributed by atoms with Crippen molar-refractivity contribution in [3.63, 3.8) is 0 Å². The molecule has 1 amide bonds. The number of likely N-dealkylation sites (tertiary alicyclic amines) is 1. The highest BCUT2D eigenvalue weighted by atomic mass is 16.5. The van der Waals surface area contributed by atoms with Gasteiger partial charge in [0.1, 0.15) is 5.75 Å². The molecule has 0 N–H and O–H groups in total. The molecule has 1 saturated heterocycles. The molecule has 1 aliphatic rings. The summed E-state index contributed by atoms with van der Waals surface area (Å²) in [5.74, 6) is -0.949. The fraction of sp³-hybridized carbons (Fsp3) is 0.300. The molecule has 0 atom stereocenters. The van der Waals surface area contributed by atoms with Gasteiger partial charge in [-0.05, 0) is 24.5 Å². The average molecular weight is 338 g/mol. The van der Waals surface area contributed by atoms with Crippen LogP contribution in [0.4, 0.5) is 0 Å². The summed E-state index contributed by atoms with van der Waals surface area (Å²) in [6.07, 6.45) is 0.878. The van der Waals surface area contributed by atoms with Crippen LogP contribution in [0.2, 0.25) is 0 Å². The number of piperidine rings is 1. The van der Waals surface area contributed by atoms with Gasteiger partial charge in [-0.2, -0.15) is 0 Å². The van der Waals surface area contributed by atoms with Gasteiger partial charge in [-0.1, -0.05) is 48.5 Å². The molecule has 1 aliphatic heterocycles. The first kappa shape index (κ1) is 17.0. The third-order valence-corrected chi connectivity index (χ3v) is 4.50. The lowest BCUT2D eigenvalue weighted by Gasteiger charge is -2.32. The number of para-hydroxylation sites is 1. The van der Waals surface area contributed by atoms with Gasteiger partial charge in [0.05, 0.1) is 0 Å². The van der Waals surface area contributed by atoms with E-state index in [-0.39, 0.29) is 12.5 Å². The second-order valence-electron chi connectivity index (χ2n) is 6.12. The summed E-state index contributed by atoms with van der Waals surface area (Å²) in [6, 6.07) is 17.5. The molecule has 2 aromatic rings. The highest BCUT2D eigenvalue weighted by Gasteiger charge is 2.23. The minimum atomic E-state index is -1.03.